The lowest BCUT2D eigenvalue weighted by molar-refractivity contribution is -0.132. The molecule has 1 aromatic heterocycles. The minimum absolute atomic E-state index is 0.0174. The summed E-state index contributed by atoms with van der Waals surface area (Å²) in [6.07, 6.45) is 3.95. The molecule has 2 aliphatic rings. The lowest BCUT2D eigenvalue weighted by Crippen LogP contribution is -2.46. The molecule has 0 bridgehead atoms. The van der Waals surface area contributed by atoms with E-state index in [1.807, 2.05) is 4.90 Å². The van der Waals surface area contributed by atoms with Gasteiger partial charge in [0.15, 0.2) is 5.78 Å². The fourth-order valence-corrected chi connectivity index (χ4v) is 3.41. The molecular weight excluding hydrogens is 310 g/mol. The molecule has 2 fully saturated rings. The molecule has 24 heavy (non-hydrogen) atoms. The summed E-state index contributed by atoms with van der Waals surface area (Å²) in [6, 6.07) is 1.29. The van der Waals surface area contributed by atoms with E-state index < -0.39 is 6.04 Å². The van der Waals surface area contributed by atoms with Crippen molar-refractivity contribution in [2.75, 3.05) is 19.8 Å². The highest BCUT2D eigenvalue weighted by molar-refractivity contribution is 6.01. The fraction of sp³-hybridized carbons (Fsp3) is 0.588. The van der Waals surface area contributed by atoms with Crippen molar-refractivity contribution in [3.63, 3.8) is 0 Å². The second kappa shape index (κ2) is 6.76. The Bertz CT molecular complexity index is 661. The Labute approximate surface area is 140 Å². The summed E-state index contributed by atoms with van der Waals surface area (Å²) in [6.45, 7) is 3.49. The van der Waals surface area contributed by atoms with Crippen LogP contribution >= 0.6 is 0 Å². The molecule has 1 unspecified atom stereocenters. The smallest absolute Gasteiger partial charge is 0.268 e. The monoisotopic (exact) mass is 333 g/mol. The molecule has 2 saturated heterocycles. The topological polar surface area (TPSA) is 80.6 Å². The molecule has 0 spiro atoms. The fourth-order valence-electron chi connectivity index (χ4n) is 3.41. The SMILES string of the molecule is CC(=O)c1cc(C(=O)NC2CCN(C3CCOCC3)C2=O)n(C)c1. The lowest BCUT2D eigenvalue weighted by atomic mass is 10.1. The molecule has 0 aromatic carbocycles. The second-order valence-corrected chi connectivity index (χ2v) is 6.47. The Hall–Kier alpha value is -2.15. The summed E-state index contributed by atoms with van der Waals surface area (Å²) in [4.78, 5) is 38.3. The molecule has 130 valence electrons. The van der Waals surface area contributed by atoms with E-state index in [-0.39, 0.29) is 23.6 Å². The molecule has 0 radical (unpaired) electrons. The van der Waals surface area contributed by atoms with E-state index in [1.54, 1.807) is 23.9 Å². The summed E-state index contributed by atoms with van der Waals surface area (Å²) < 4.78 is 6.95. The highest BCUT2D eigenvalue weighted by Crippen LogP contribution is 2.21. The summed E-state index contributed by atoms with van der Waals surface area (Å²) >= 11 is 0. The Morgan fingerprint density at radius 3 is 2.58 bits per heavy atom. The van der Waals surface area contributed by atoms with Crippen LogP contribution in [0, 0.1) is 0 Å². The van der Waals surface area contributed by atoms with E-state index in [0.717, 1.165) is 12.8 Å². The van der Waals surface area contributed by atoms with E-state index in [4.69, 9.17) is 4.74 Å². The zero-order valence-corrected chi connectivity index (χ0v) is 14.1. The van der Waals surface area contributed by atoms with Crippen molar-refractivity contribution in [3.8, 4) is 0 Å². The molecule has 0 aliphatic carbocycles. The zero-order valence-electron chi connectivity index (χ0n) is 14.1. The highest BCUT2D eigenvalue weighted by atomic mass is 16.5. The molecule has 2 aliphatic heterocycles. The number of carbonyl (C=O) groups is 3. The van der Waals surface area contributed by atoms with Gasteiger partial charge in [0.05, 0.1) is 0 Å². The van der Waals surface area contributed by atoms with Crippen molar-refractivity contribution in [2.45, 2.75) is 38.3 Å². The molecule has 3 rings (SSSR count). The number of aromatic nitrogens is 1. The molecule has 0 saturated carbocycles. The van der Waals surface area contributed by atoms with Gasteiger partial charge in [0.25, 0.3) is 5.91 Å². The van der Waals surface area contributed by atoms with Gasteiger partial charge in [0.2, 0.25) is 5.91 Å². The van der Waals surface area contributed by atoms with E-state index in [9.17, 15) is 14.4 Å². The van der Waals surface area contributed by atoms with Gasteiger partial charge in [0, 0.05) is 44.6 Å². The molecule has 1 aromatic rings. The normalized spacial score (nSPS) is 22.0. The van der Waals surface area contributed by atoms with Gasteiger partial charge in [-0.05, 0) is 32.3 Å². The van der Waals surface area contributed by atoms with Crippen LogP contribution in [-0.2, 0) is 16.6 Å². The predicted octanol–water partition coefficient (Wildman–Crippen LogP) is 0.737. The van der Waals surface area contributed by atoms with Gasteiger partial charge >= 0.3 is 0 Å². The van der Waals surface area contributed by atoms with Crippen LogP contribution in [0.2, 0.25) is 0 Å². The maximum atomic E-state index is 12.6. The molecule has 7 heteroatoms. The summed E-state index contributed by atoms with van der Waals surface area (Å²) in [5, 5.41) is 2.81. The first-order valence-corrected chi connectivity index (χ1v) is 8.33. The number of Topliss-reactive ketones (excluding diaryl/α,β-unsaturated/α-hetero) is 1. The Morgan fingerprint density at radius 2 is 1.96 bits per heavy atom. The quantitative estimate of drug-likeness (QED) is 0.824. The largest absolute Gasteiger partial charge is 0.381 e. The number of hydrogen-bond donors (Lipinski definition) is 1. The van der Waals surface area contributed by atoms with Crippen LogP contribution in [0.25, 0.3) is 0 Å². The standard InChI is InChI=1S/C17H23N3O4/c1-11(21)12-9-15(19(2)10-12)16(22)18-14-3-6-20(17(14)23)13-4-7-24-8-5-13/h9-10,13-14H,3-8H2,1-2H3,(H,18,22). The van der Waals surface area contributed by atoms with Crippen molar-refractivity contribution in [1.29, 1.82) is 0 Å². The van der Waals surface area contributed by atoms with Gasteiger partial charge in [-0.25, -0.2) is 0 Å². The van der Waals surface area contributed by atoms with Crippen LogP contribution in [-0.4, -0.2) is 58.9 Å². The van der Waals surface area contributed by atoms with Gasteiger partial charge in [0.1, 0.15) is 11.7 Å². The minimum atomic E-state index is -0.490. The predicted molar refractivity (Wildman–Crippen MR) is 86.8 cm³/mol. The molecule has 1 N–H and O–H groups in total. The second-order valence-electron chi connectivity index (χ2n) is 6.47. The zero-order chi connectivity index (χ0) is 17.3. The Kier molecular flexibility index (Phi) is 4.71. The van der Waals surface area contributed by atoms with E-state index >= 15 is 0 Å². The first-order chi connectivity index (χ1) is 11.5. The van der Waals surface area contributed by atoms with Crippen LogP contribution < -0.4 is 5.32 Å². The number of ketones is 1. The van der Waals surface area contributed by atoms with Crippen molar-refractivity contribution in [1.82, 2.24) is 14.8 Å². The maximum Gasteiger partial charge on any atom is 0.268 e. The minimum Gasteiger partial charge on any atom is -0.381 e. The van der Waals surface area contributed by atoms with Gasteiger partial charge in [-0.15, -0.1) is 0 Å². The van der Waals surface area contributed by atoms with Crippen LogP contribution in [0.5, 0.6) is 0 Å². The van der Waals surface area contributed by atoms with Crippen molar-refractivity contribution in [2.24, 2.45) is 7.05 Å². The Morgan fingerprint density at radius 1 is 1.25 bits per heavy atom. The van der Waals surface area contributed by atoms with E-state index in [0.29, 0.717) is 37.4 Å². The molecule has 2 amide bonds. The molecule has 1 atom stereocenters. The van der Waals surface area contributed by atoms with E-state index in [2.05, 4.69) is 5.32 Å². The number of hydrogen-bond acceptors (Lipinski definition) is 4. The third-order valence-electron chi connectivity index (χ3n) is 4.82. The van der Waals surface area contributed by atoms with Crippen LogP contribution in [0.15, 0.2) is 12.3 Å². The number of rotatable bonds is 4. The van der Waals surface area contributed by atoms with Crippen LogP contribution in [0.4, 0.5) is 0 Å². The van der Waals surface area contributed by atoms with Gasteiger partial charge in [-0.2, -0.15) is 0 Å². The van der Waals surface area contributed by atoms with Gasteiger partial charge in [-0.3, -0.25) is 14.4 Å². The number of ether oxygens (including phenoxy) is 1. The first kappa shape index (κ1) is 16.7. The third kappa shape index (κ3) is 3.21. The first-order valence-electron chi connectivity index (χ1n) is 8.33. The maximum absolute atomic E-state index is 12.6. The summed E-state index contributed by atoms with van der Waals surface area (Å²) in [5.74, 6) is -0.430. The van der Waals surface area contributed by atoms with Crippen molar-refractivity contribution >= 4 is 17.6 Å². The number of aryl methyl sites for hydroxylation is 1. The lowest BCUT2D eigenvalue weighted by Gasteiger charge is -2.31. The number of nitrogens with zero attached hydrogens (tertiary/aromatic N) is 2. The van der Waals surface area contributed by atoms with Crippen LogP contribution in [0.3, 0.4) is 0 Å². The molecular formula is C17H23N3O4. The molecule has 7 nitrogen and oxygen atoms in total. The van der Waals surface area contributed by atoms with E-state index in [1.165, 1.54) is 6.92 Å². The van der Waals surface area contributed by atoms with Crippen molar-refractivity contribution in [3.05, 3.63) is 23.5 Å². The van der Waals surface area contributed by atoms with Gasteiger partial charge < -0.3 is 19.5 Å². The molecule has 3 heterocycles. The Balaban J connectivity index is 1.65. The average molecular weight is 333 g/mol. The average Bonchev–Trinajstić information content (AvgIpc) is 3.12. The number of likely N-dealkylation sites (tertiary alicyclic amines) is 1. The van der Waals surface area contributed by atoms with Crippen LogP contribution in [0.1, 0.15) is 47.0 Å². The van der Waals surface area contributed by atoms with Crippen molar-refractivity contribution < 1.29 is 19.1 Å². The third-order valence-corrected chi connectivity index (χ3v) is 4.82. The summed E-state index contributed by atoms with van der Waals surface area (Å²) in [5.41, 5.74) is 0.877. The number of amides is 2. The number of carbonyl (C=O) groups excluding carboxylic acids is 3. The number of nitrogens with one attached hydrogen (secondary N) is 1. The highest BCUT2D eigenvalue weighted by Gasteiger charge is 2.37. The van der Waals surface area contributed by atoms with Gasteiger partial charge in [-0.1, -0.05) is 0 Å². The summed E-state index contributed by atoms with van der Waals surface area (Å²) in [7, 11) is 1.71.